The summed E-state index contributed by atoms with van der Waals surface area (Å²) in [7, 11) is 0. The van der Waals surface area contributed by atoms with Crippen molar-refractivity contribution in [2.45, 2.75) is 90.5 Å². The molecule has 2 saturated carbocycles. The van der Waals surface area contributed by atoms with E-state index in [4.69, 9.17) is 65.4 Å². The first kappa shape index (κ1) is 36.9. The van der Waals surface area contributed by atoms with Crippen LogP contribution in [0.25, 0.3) is 0 Å². The zero-order valence-corrected chi connectivity index (χ0v) is 31.2. The van der Waals surface area contributed by atoms with Crippen LogP contribution in [-0.2, 0) is 9.47 Å². The number of nitrogens with zero attached hydrogens (tertiary/aromatic N) is 4. The third-order valence-electron chi connectivity index (χ3n) is 8.63. The van der Waals surface area contributed by atoms with Crippen LogP contribution in [0, 0.1) is 23.7 Å². The number of ether oxygens (including phenoxy) is 4. The van der Waals surface area contributed by atoms with Gasteiger partial charge in [0.15, 0.2) is 0 Å². The molecule has 10 nitrogen and oxygen atoms in total. The second-order valence-corrected chi connectivity index (χ2v) is 16.7. The predicted octanol–water partition coefficient (Wildman–Crippen LogP) is 8.83. The largest absolute Gasteiger partial charge is 0.491 e. The summed E-state index contributed by atoms with van der Waals surface area (Å²) in [6.07, 6.45) is 3.68. The Balaban J connectivity index is 0.000000188. The fourth-order valence-electron chi connectivity index (χ4n) is 6.22. The minimum Gasteiger partial charge on any atom is -0.491 e. The van der Waals surface area contributed by atoms with E-state index in [0.717, 1.165) is 25.9 Å². The maximum atomic E-state index is 12.5. The number of likely N-dealkylation sites (tertiary alicyclic amines) is 2. The third-order valence-corrected chi connectivity index (χ3v) is 9.42. The summed E-state index contributed by atoms with van der Waals surface area (Å²) >= 11 is 23.6. The molecular formula is C34H44Cl4N4O6. The Morgan fingerprint density at radius 2 is 1.12 bits per heavy atom. The number of carbonyl (C=O) groups excluding carboxylic acids is 2. The van der Waals surface area contributed by atoms with E-state index in [-0.39, 0.29) is 39.7 Å². The third kappa shape index (κ3) is 10.8. The maximum absolute atomic E-state index is 12.5. The minimum atomic E-state index is -0.509. The standard InChI is InChI=1S/2C17H22Cl2N2O3/c1-17(2,3)24-16(22)21-8-11-4-10(11)5-13(21)9-23-15-7-12(18)6-14(19)20-15;1-17(2,3)24-16(22)21-8-11-4-10(11)5-12(21)9-23-13-6-14(18)20-15(19)7-13/h6-7,10-11,13H,4-5,8-9H2,1-3H3;6-7,10-12H,4-5,8-9H2,1-3H3/t10-,11+,13-;10-,11+,12-/m00/s1. The lowest BCUT2D eigenvalue weighted by Gasteiger charge is -2.36. The van der Waals surface area contributed by atoms with Crippen molar-refractivity contribution in [1.82, 2.24) is 19.8 Å². The Bertz CT molecular complexity index is 1330. The molecule has 2 amide bonds. The molecule has 264 valence electrons. The van der Waals surface area contributed by atoms with Crippen LogP contribution in [0.15, 0.2) is 24.3 Å². The average Bonchev–Trinajstić information content (AvgIpc) is 3.86. The van der Waals surface area contributed by atoms with Gasteiger partial charge in [0, 0.05) is 36.3 Å². The van der Waals surface area contributed by atoms with Crippen molar-refractivity contribution in [3.05, 3.63) is 44.7 Å². The van der Waals surface area contributed by atoms with Crippen molar-refractivity contribution < 1.29 is 28.5 Å². The molecule has 0 spiro atoms. The van der Waals surface area contributed by atoms with Crippen LogP contribution in [0.3, 0.4) is 0 Å². The zero-order valence-electron chi connectivity index (χ0n) is 28.2. The highest BCUT2D eigenvalue weighted by atomic mass is 35.5. The molecule has 48 heavy (non-hydrogen) atoms. The Morgan fingerprint density at radius 3 is 1.58 bits per heavy atom. The molecule has 0 aromatic carbocycles. The van der Waals surface area contributed by atoms with E-state index < -0.39 is 11.2 Å². The van der Waals surface area contributed by atoms with Gasteiger partial charge in [-0.3, -0.25) is 0 Å². The molecular weight excluding hydrogens is 702 g/mol. The van der Waals surface area contributed by atoms with Crippen LogP contribution in [0.5, 0.6) is 11.6 Å². The first-order chi connectivity index (χ1) is 22.4. The molecule has 0 bridgehead atoms. The molecule has 2 aromatic rings. The van der Waals surface area contributed by atoms with E-state index in [0.29, 0.717) is 53.5 Å². The first-order valence-corrected chi connectivity index (χ1v) is 17.8. The van der Waals surface area contributed by atoms with Gasteiger partial charge < -0.3 is 28.7 Å². The van der Waals surface area contributed by atoms with E-state index in [2.05, 4.69) is 9.97 Å². The number of carbonyl (C=O) groups is 2. The van der Waals surface area contributed by atoms with E-state index in [9.17, 15) is 9.59 Å². The summed E-state index contributed by atoms with van der Waals surface area (Å²) in [5, 5.41) is 1.33. The highest BCUT2D eigenvalue weighted by Crippen LogP contribution is 2.48. The maximum Gasteiger partial charge on any atom is 0.410 e. The molecule has 4 fully saturated rings. The number of fused-ring (bicyclic) bond motifs is 2. The molecule has 4 aliphatic rings. The number of hydrogen-bond acceptors (Lipinski definition) is 8. The Morgan fingerprint density at radius 1 is 0.667 bits per heavy atom. The number of hydrogen-bond donors (Lipinski definition) is 0. The summed E-state index contributed by atoms with van der Waals surface area (Å²) in [4.78, 5) is 36.6. The number of rotatable bonds is 6. The Labute approximate surface area is 302 Å². The van der Waals surface area contributed by atoms with Crippen LogP contribution in [0.4, 0.5) is 9.59 Å². The molecule has 2 aliphatic carbocycles. The monoisotopic (exact) mass is 744 g/mol. The van der Waals surface area contributed by atoms with Crippen LogP contribution < -0.4 is 9.47 Å². The number of amides is 2. The summed E-state index contributed by atoms with van der Waals surface area (Å²) in [5.74, 6) is 3.53. The van der Waals surface area contributed by atoms with E-state index in [1.165, 1.54) is 12.8 Å². The Kier molecular flexibility index (Phi) is 11.4. The molecule has 14 heteroatoms. The van der Waals surface area contributed by atoms with Crippen LogP contribution in [-0.4, -0.2) is 81.5 Å². The van der Waals surface area contributed by atoms with Crippen molar-refractivity contribution in [2.24, 2.45) is 23.7 Å². The van der Waals surface area contributed by atoms with Gasteiger partial charge in [0.05, 0.1) is 12.1 Å². The number of halogens is 4. The lowest BCUT2D eigenvalue weighted by atomic mass is 10.0. The van der Waals surface area contributed by atoms with Crippen molar-refractivity contribution in [3.63, 3.8) is 0 Å². The lowest BCUT2D eigenvalue weighted by molar-refractivity contribution is 0.00131. The van der Waals surface area contributed by atoms with Gasteiger partial charge in [-0.2, -0.15) is 0 Å². The highest BCUT2D eigenvalue weighted by Gasteiger charge is 2.49. The second kappa shape index (κ2) is 14.8. The van der Waals surface area contributed by atoms with Gasteiger partial charge in [-0.15, -0.1) is 0 Å². The van der Waals surface area contributed by atoms with Crippen molar-refractivity contribution in [3.8, 4) is 11.6 Å². The summed E-state index contributed by atoms with van der Waals surface area (Å²) in [6, 6.07) is 6.38. The number of piperidine rings is 2. The molecule has 2 aromatic heterocycles. The molecule has 6 atom stereocenters. The van der Waals surface area contributed by atoms with Gasteiger partial charge in [0.25, 0.3) is 0 Å². The quantitative estimate of drug-likeness (QED) is 0.270. The normalized spacial score (nSPS) is 25.9. The summed E-state index contributed by atoms with van der Waals surface area (Å²) < 4.78 is 22.7. The van der Waals surface area contributed by atoms with Gasteiger partial charge in [-0.1, -0.05) is 46.4 Å². The smallest absolute Gasteiger partial charge is 0.410 e. The van der Waals surface area contributed by atoms with Gasteiger partial charge in [-0.05, 0) is 97.0 Å². The topological polar surface area (TPSA) is 103 Å². The molecule has 4 heterocycles. The van der Waals surface area contributed by atoms with Crippen LogP contribution >= 0.6 is 46.4 Å². The Hall–Kier alpha value is -2.40. The SMILES string of the molecule is CC(C)(C)OC(=O)N1C[C@H]2C[C@H]2C[C@H]1COc1cc(Cl)cc(Cl)n1.CC(C)(C)OC(=O)N1C[C@H]2C[C@H]2C[C@H]1COc1cc(Cl)nc(Cl)c1. The number of pyridine rings is 2. The highest BCUT2D eigenvalue weighted by molar-refractivity contribution is 6.34. The van der Waals surface area contributed by atoms with Gasteiger partial charge in [-0.25, -0.2) is 19.6 Å². The second-order valence-electron chi connectivity index (χ2n) is 15.1. The van der Waals surface area contributed by atoms with Crippen molar-refractivity contribution in [1.29, 1.82) is 0 Å². The molecule has 2 aliphatic heterocycles. The fraction of sp³-hybridized carbons (Fsp3) is 0.647. The van der Waals surface area contributed by atoms with Gasteiger partial charge >= 0.3 is 12.2 Å². The van der Waals surface area contributed by atoms with E-state index in [1.807, 2.05) is 46.4 Å². The van der Waals surface area contributed by atoms with Crippen LogP contribution in [0.2, 0.25) is 20.5 Å². The average molecular weight is 747 g/mol. The lowest BCUT2D eigenvalue weighted by Crippen LogP contribution is -2.49. The summed E-state index contributed by atoms with van der Waals surface area (Å²) in [6.45, 7) is 13.5. The molecule has 6 rings (SSSR count). The molecule has 0 N–H and O–H groups in total. The molecule has 2 saturated heterocycles. The molecule has 0 unspecified atom stereocenters. The first-order valence-electron chi connectivity index (χ1n) is 16.3. The van der Waals surface area contributed by atoms with Crippen molar-refractivity contribution in [2.75, 3.05) is 26.3 Å². The van der Waals surface area contributed by atoms with Gasteiger partial charge in [0.1, 0.15) is 45.6 Å². The van der Waals surface area contributed by atoms with E-state index in [1.54, 1.807) is 29.2 Å². The predicted molar refractivity (Wildman–Crippen MR) is 185 cm³/mol. The minimum absolute atomic E-state index is 0.00526. The van der Waals surface area contributed by atoms with Crippen LogP contribution in [0.1, 0.15) is 67.2 Å². The number of aromatic nitrogens is 2. The summed E-state index contributed by atoms with van der Waals surface area (Å²) in [5.41, 5.74) is -1.01. The van der Waals surface area contributed by atoms with E-state index >= 15 is 0 Å². The fourth-order valence-corrected chi connectivity index (χ4v) is 7.12. The zero-order chi connectivity index (χ0) is 35.0. The molecule has 0 radical (unpaired) electrons. The van der Waals surface area contributed by atoms with Crippen molar-refractivity contribution >= 4 is 58.6 Å². The van der Waals surface area contributed by atoms with Gasteiger partial charge in [0.2, 0.25) is 5.88 Å².